The maximum absolute atomic E-state index is 13.4. The maximum atomic E-state index is 13.4. The number of nitrogen functional groups attached to an aromatic ring is 1. The van der Waals surface area contributed by atoms with Crippen molar-refractivity contribution in [1.29, 1.82) is 5.41 Å². The van der Waals surface area contributed by atoms with E-state index in [0.29, 0.717) is 0 Å². The first-order chi connectivity index (χ1) is 8.59. The average molecular weight is 266 g/mol. The fourth-order valence-electron chi connectivity index (χ4n) is 1.34. The van der Waals surface area contributed by atoms with E-state index in [2.05, 4.69) is 4.98 Å². The molecule has 0 aliphatic carbocycles. The van der Waals surface area contributed by atoms with E-state index < -0.39 is 5.82 Å². The van der Waals surface area contributed by atoms with Crippen LogP contribution in [-0.2, 0) is 0 Å². The minimum atomic E-state index is -0.524. The first kappa shape index (κ1) is 12.3. The number of nitrogens with two attached hydrogens (primary N) is 1. The number of nitrogens with one attached hydrogen (secondary N) is 1. The summed E-state index contributed by atoms with van der Waals surface area (Å²) in [4.78, 5) is 3.88. The predicted molar refractivity (Wildman–Crippen MR) is 66.7 cm³/mol. The van der Waals surface area contributed by atoms with Crippen LogP contribution < -0.4 is 10.5 Å². The molecule has 1 aromatic heterocycles. The van der Waals surface area contributed by atoms with Crippen LogP contribution in [0.4, 0.5) is 4.39 Å². The van der Waals surface area contributed by atoms with E-state index in [9.17, 15) is 4.39 Å². The van der Waals surface area contributed by atoms with E-state index in [1.54, 1.807) is 12.1 Å². The molecular weight excluding hydrogens is 257 g/mol. The molecule has 2 rings (SSSR count). The Morgan fingerprint density at radius 2 is 2.06 bits per heavy atom. The van der Waals surface area contributed by atoms with Gasteiger partial charge in [-0.2, -0.15) is 0 Å². The molecule has 6 heteroatoms. The summed E-state index contributed by atoms with van der Waals surface area (Å²) in [5.41, 5.74) is 5.64. The zero-order valence-electron chi connectivity index (χ0n) is 9.15. The molecule has 0 bridgehead atoms. The van der Waals surface area contributed by atoms with Gasteiger partial charge in [-0.1, -0.05) is 23.7 Å². The summed E-state index contributed by atoms with van der Waals surface area (Å²) in [7, 11) is 0. The first-order valence-electron chi connectivity index (χ1n) is 5.01. The average Bonchev–Trinajstić information content (AvgIpc) is 2.34. The van der Waals surface area contributed by atoms with Gasteiger partial charge < -0.3 is 10.5 Å². The molecule has 3 N–H and O–H groups in total. The number of hydrogen-bond acceptors (Lipinski definition) is 3. The molecule has 0 saturated carbocycles. The Hall–Kier alpha value is -2.14. The molecule has 0 amide bonds. The summed E-state index contributed by atoms with van der Waals surface area (Å²) >= 11 is 5.98. The Balaban J connectivity index is 2.39. The van der Waals surface area contributed by atoms with Crippen LogP contribution in [0, 0.1) is 11.2 Å². The number of para-hydroxylation sites is 1. The third-order valence-electron chi connectivity index (χ3n) is 2.19. The number of ether oxygens (including phenoxy) is 1. The molecule has 0 unspecified atom stereocenters. The minimum Gasteiger partial charge on any atom is -0.434 e. The highest BCUT2D eigenvalue weighted by atomic mass is 35.5. The quantitative estimate of drug-likeness (QED) is 0.662. The van der Waals surface area contributed by atoms with Crippen molar-refractivity contribution in [2.24, 2.45) is 5.73 Å². The highest BCUT2D eigenvalue weighted by Gasteiger charge is 2.13. The van der Waals surface area contributed by atoms with Gasteiger partial charge in [-0.25, -0.2) is 9.37 Å². The lowest BCUT2D eigenvalue weighted by molar-refractivity contribution is 0.427. The van der Waals surface area contributed by atoms with Gasteiger partial charge in [-0.05, 0) is 18.2 Å². The number of aromatic nitrogens is 1. The van der Waals surface area contributed by atoms with Gasteiger partial charge in [-0.15, -0.1) is 0 Å². The van der Waals surface area contributed by atoms with Crippen LogP contribution in [0.5, 0.6) is 11.6 Å². The van der Waals surface area contributed by atoms with Crippen molar-refractivity contribution < 1.29 is 9.13 Å². The lowest BCUT2D eigenvalue weighted by atomic mass is 10.2. The highest BCUT2D eigenvalue weighted by molar-refractivity contribution is 6.35. The van der Waals surface area contributed by atoms with Gasteiger partial charge in [0.15, 0.2) is 11.6 Å². The smallest absolute Gasteiger partial charge is 0.239 e. The van der Waals surface area contributed by atoms with Crippen molar-refractivity contribution >= 4 is 17.4 Å². The Kier molecular flexibility index (Phi) is 3.43. The van der Waals surface area contributed by atoms with Crippen molar-refractivity contribution in [3.63, 3.8) is 0 Å². The van der Waals surface area contributed by atoms with Crippen LogP contribution >= 0.6 is 11.6 Å². The van der Waals surface area contributed by atoms with E-state index in [1.807, 2.05) is 0 Å². The summed E-state index contributed by atoms with van der Waals surface area (Å²) in [6.45, 7) is 0. The number of pyridine rings is 1. The predicted octanol–water partition coefficient (Wildman–Crippen LogP) is 2.95. The van der Waals surface area contributed by atoms with Gasteiger partial charge in [0.05, 0.1) is 0 Å². The van der Waals surface area contributed by atoms with E-state index in [1.165, 1.54) is 24.4 Å². The van der Waals surface area contributed by atoms with Crippen molar-refractivity contribution in [3.05, 3.63) is 52.9 Å². The molecular formula is C12H9ClFN3O. The molecule has 4 nitrogen and oxygen atoms in total. The summed E-state index contributed by atoms with van der Waals surface area (Å²) in [5, 5.41) is 7.41. The van der Waals surface area contributed by atoms with Gasteiger partial charge in [0, 0.05) is 11.8 Å². The number of benzene rings is 1. The molecule has 1 aromatic carbocycles. The maximum Gasteiger partial charge on any atom is 0.239 e. The molecule has 0 spiro atoms. The molecule has 0 atom stereocenters. The third-order valence-corrected chi connectivity index (χ3v) is 2.56. The Bertz CT molecular complexity index is 604. The molecule has 2 aromatic rings. The molecule has 0 radical (unpaired) electrons. The van der Waals surface area contributed by atoms with Crippen molar-refractivity contribution in [3.8, 4) is 11.6 Å². The molecule has 0 saturated heterocycles. The second kappa shape index (κ2) is 5.01. The van der Waals surface area contributed by atoms with Crippen LogP contribution in [0.3, 0.4) is 0 Å². The number of nitrogens with zero attached hydrogens (tertiary/aromatic N) is 1. The normalized spacial score (nSPS) is 10.1. The number of halogens is 2. The van der Waals surface area contributed by atoms with Gasteiger partial charge in [0.1, 0.15) is 10.9 Å². The Morgan fingerprint density at radius 3 is 2.72 bits per heavy atom. The Labute approximate surface area is 108 Å². The van der Waals surface area contributed by atoms with E-state index in [4.69, 9.17) is 27.5 Å². The number of hydrogen-bond donors (Lipinski definition) is 2. The topological polar surface area (TPSA) is 72.0 Å². The number of amidine groups is 1. The minimum absolute atomic E-state index is 0.00704. The summed E-state index contributed by atoms with van der Waals surface area (Å²) < 4.78 is 18.7. The van der Waals surface area contributed by atoms with Crippen molar-refractivity contribution in [1.82, 2.24) is 4.98 Å². The summed E-state index contributed by atoms with van der Waals surface area (Å²) in [6, 6.07) is 7.37. The van der Waals surface area contributed by atoms with Gasteiger partial charge in [0.2, 0.25) is 5.88 Å². The SMILES string of the molecule is N=C(N)c1ccnc(Oc2ccccc2F)c1Cl. The second-order valence-corrected chi connectivity index (χ2v) is 3.80. The van der Waals surface area contributed by atoms with Gasteiger partial charge in [-0.3, -0.25) is 5.41 Å². The number of rotatable bonds is 3. The fourth-order valence-corrected chi connectivity index (χ4v) is 1.59. The summed E-state index contributed by atoms with van der Waals surface area (Å²) in [6.07, 6.45) is 1.39. The first-order valence-corrected chi connectivity index (χ1v) is 5.38. The molecule has 18 heavy (non-hydrogen) atoms. The van der Waals surface area contributed by atoms with E-state index in [0.717, 1.165) is 0 Å². The summed E-state index contributed by atoms with van der Waals surface area (Å²) in [5.74, 6) is -0.716. The molecule has 0 aliphatic rings. The van der Waals surface area contributed by atoms with Crippen molar-refractivity contribution in [2.45, 2.75) is 0 Å². The lowest BCUT2D eigenvalue weighted by Crippen LogP contribution is -2.12. The fraction of sp³-hybridized carbons (Fsp3) is 0. The van der Waals surface area contributed by atoms with Gasteiger partial charge in [0.25, 0.3) is 0 Å². The van der Waals surface area contributed by atoms with Crippen LogP contribution in [0.25, 0.3) is 0 Å². The van der Waals surface area contributed by atoms with Crippen LogP contribution in [-0.4, -0.2) is 10.8 Å². The van der Waals surface area contributed by atoms with Crippen LogP contribution in [0.2, 0.25) is 5.02 Å². The third kappa shape index (κ3) is 2.41. The van der Waals surface area contributed by atoms with Crippen molar-refractivity contribution in [2.75, 3.05) is 0 Å². The van der Waals surface area contributed by atoms with Gasteiger partial charge >= 0.3 is 0 Å². The largest absolute Gasteiger partial charge is 0.434 e. The van der Waals surface area contributed by atoms with Crippen LogP contribution in [0.15, 0.2) is 36.5 Å². The highest BCUT2D eigenvalue weighted by Crippen LogP contribution is 2.30. The van der Waals surface area contributed by atoms with Crippen LogP contribution in [0.1, 0.15) is 5.56 Å². The Morgan fingerprint density at radius 1 is 1.33 bits per heavy atom. The standard InChI is InChI=1S/C12H9ClFN3O/c13-10-7(11(15)16)5-6-17-12(10)18-9-4-2-1-3-8(9)14/h1-6H,(H3,15,16). The lowest BCUT2D eigenvalue weighted by Gasteiger charge is -2.09. The monoisotopic (exact) mass is 265 g/mol. The zero-order chi connectivity index (χ0) is 13.1. The zero-order valence-corrected chi connectivity index (χ0v) is 9.91. The molecule has 92 valence electrons. The molecule has 0 fully saturated rings. The second-order valence-electron chi connectivity index (χ2n) is 3.42. The molecule has 0 aliphatic heterocycles. The van der Waals surface area contributed by atoms with E-state index >= 15 is 0 Å². The molecule has 1 heterocycles. The van der Waals surface area contributed by atoms with E-state index in [-0.39, 0.29) is 28.1 Å².